The highest BCUT2D eigenvalue weighted by atomic mass is 79.9. The Labute approximate surface area is 116 Å². The third-order valence-corrected chi connectivity index (χ3v) is 3.15. The number of nitrogens with one attached hydrogen (secondary N) is 1. The van der Waals surface area contributed by atoms with Gasteiger partial charge in [-0.05, 0) is 51.8 Å². The molecule has 0 aliphatic rings. The van der Waals surface area contributed by atoms with E-state index in [0.29, 0.717) is 15.7 Å². The predicted molar refractivity (Wildman–Crippen MR) is 69.4 cm³/mol. The van der Waals surface area contributed by atoms with Crippen LogP contribution in [0.15, 0.2) is 34.8 Å². The highest BCUT2D eigenvalue weighted by Crippen LogP contribution is 2.25. The van der Waals surface area contributed by atoms with Crippen LogP contribution in [-0.4, -0.2) is 5.11 Å². The van der Waals surface area contributed by atoms with Gasteiger partial charge in [-0.2, -0.15) is 0 Å². The molecule has 0 aliphatic heterocycles. The van der Waals surface area contributed by atoms with Crippen molar-refractivity contribution in [3.05, 3.63) is 57.8 Å². The third kappa shape index (κ3) is 3.20. The monoisotopic (exact) mass is 331 g/mol. The number of phenolic OH excluding ortho intramolecular Hbond substituents is 1. The van der Waals surface area contributed by atoms with E-state index in [-0.39, 0.29) is 12.4 Å². The van der Waals surface area contributed by atoms with E-state index in [9.17, 15) is 13.2 Å². The summed E-state index contributed by atoms with van der Waals surface area (Å²) in [6.07, 6.45) is 0. The fourth-order valence-electron chi connectivity index (χ4n) is 1.55. The molecule has 0 amide bonds. The molecule has 0 fully saturated rings. The smallest absolute Gasteiger partial charge is 0.187 e. The van der Waals surface area contributed by atoms with Gasteiger partial charge in [0.05, 0.1) is 0 Å². The summed E-state index contributed by atoms with van der Waals surface area (Å²) in [6.45, 7) is 0.137. The zero-order valence-electron chi connectivity index (χ0n) is 9.55. The molecular weight excluding hydrogens is 323 g/mol. The normalized spacial score (nSPS) is 10.5. The van der Waals surface area contributed by atoms with Gasteiger partial charge in [0, 0.05) is 16.7 Å². The highest BCUT2D eigenvalue weighted by Gasteiger charge is 2.09. The van der Waals surface area contributed by atoms with Gasteiger partial charge in [-0.1, -0.05) is 0 Å². The van der Waals surface area contributed by atoms with Crippen molar-refractivity contribution in [3.8, 4) is 5.75 Å². The van der Waals surface area contributed by atoms with E-state index in [1.807, 2.05) is 0 Å². The average molecular weight is 332 g/mol. The lowest BCUT2D eigenvalue weighted by molar-refractivity contribution is 0.395. The van der Waals surface area contributed by atoms with Crippen LogP contribution in [0.2, 0.25) is 0 Å². The van der Waals surface area contributed by atoms with E-state index in [2.05, 4.69) is 21.2 Å². The van der Waals surface area contributed by atoms with Crippen molar-refractivity contribution < 1.29 is 18.3 Å². The fourth-order valence-corrected chi connectivity index (χ4v) is 2.04. The first-order valence-corrected chi connectivity index (χ1v) is 6.12. The summed E-state index contributed by atoms with van der Waals surface area (Å²) in [6, 6.07) is 6.11. The van der Waals surface area contributed by atoms with E-state index >= 15 is 0 Å². The van der Waals surface area contributed by atoms with Gasteiger partial charge in [-0.3, -0.25) is 0 Å². The Hall–Kier alpha value is -1.69. The minimum absolute atomic E-state index is 0.137. The molecule has 0 atom stereocenters. The standard InChI is InChI=1S/C13H9BrF3NO/c14-9-5-8(15)1-2-12(9)18-6-7-3-10(16)13(19)11(17)4-7/h1-5,18-19H,6H2. The van der Waals surface area contributed by atoms with E-state index in [1.165, 1.54) is 18.2 Å². The SMILES string of the molecule is Oc1c(F)cc(CNc2ccc(F)cc2Br)cc1F. The molecular formula is C13H9BrF3NO. The maximum absolute atomic E-state index is 13.1. The van der Waals surface area contributed by atoms with Crippen LogP contribution in [0, 0.1) is 17.5 Å². The Morgan fingerprint density at radius 2 is 1.68 bits per heavy atom. The molecule has 2 aromatic carbocycles. The van der Waals surface area contributed by atoms with Crippen molar-refractivity contribution in [1.82, 2.24) is 0 Å². The van der Waals surface area contributed by atoms with E-state index in [1.54, 1.807) is 0 Å². The zero-order valence-corrected chi connectivity index (χ0v) is 11.1. The molecule has 0 spiro atoms. The molecule has 0 aromatic heterocycles. The lowest BCUT2D eigenvalue weighted by atomic mass is 10.2. The van der Waals surface area contributed by atoms with Crippen LogP contribution in [-0.2, 0) is 6.54 Å². The van der Waals surface area contributed by atoms with Gasteiger partial charge in [0.15, 0.2) is 17.4 Å². The van der Waals surface area contributed by atoms with Gasteiger partial charge in [0.2, 0.25) is 0 Å². The van der Waals surface area contributed by atoms with Crippen molar-refractivity contribution in [3.63, 3.8) is 0 Å². The predicted octanol–water partition coefficient (Wildman–Crippen LogP) is 4.18. The minimum Gasteiger partial charge on any atom is -0.503 e. The van der Waals surface area contributed by atoms with Crippen LogP contribution in [0.25, 0.3) is 0 Å². The number of aromatic hydroxyl groups is 1. The number of anilines is 1. The minimum atomic E-state index is -1.02. The second kappa shape index (κ2) is 5.52. The number of halogens is 4. The lowest BCUT2D eigenvalue weighted by Gasteiger charge is -2.09. The topological polar surface area (TPSA) is 32.3 Å². The second-order valence-corrected chi connectivity index (χ2v) is 4.74. The van der Waals surface area contributed by atoms with Gasteiger partial charge in [-0.25, -0.2) is 13.2 Å². The number of hydrogen-bond donors (Lipinski definition) is 2. The maximum Gasteiger partial charge on any atom is 0.187 e. The van der Waals surface area contributed by atoms with Crippen molar-refractivity contribution in [1.29, 1.82) is 0 Å². The Morgan fingerprint density at radius 3 is 2.26 bits per heavy atom. The molecule has 19 heavy (non-hydrogen) atoms. The summed E-state index contributed by atoms with van der Waals surface area (Å²) in [7, 11) is 0. The van der Waals surface area contributed by atoms with Crippen LogP contribution in [0.5, 0.6) is 5.75 Å². The molecule has 0 heterocycles. The second-order valence-electron chi connectivity index (χ2n) is 3.89. The molecule has 0 unspecified atom stereocenters. The van der Waals surface area contributed by atoms with Gasteiger partial charge in [0.1, 0.15) is 5.82 Å². The van der Waals surface area contributed by atoms with Crippen molar-refractivity contribution in [2.75, 3.05) is 5.32 Å². The first-order valence-electron chi connectivity index (χ1n) is 5.33. The molecule has 0 radical (unpaired) electrons. The summed E-state index contributed by atoms with van der Waals surface area (Å²) >= 11 is 3.17. The van der Waals surface area contributed by atoms with Gasteiger partial charge in [0.25, 0.3) is 0 Å². The summed E-state index contributed by atoms with van der Waals surface area (Å²) in [5, 5.41) is 11.9. The molecule has 6 heteroatoms. The molecule has 2 aromatic rings. The number of benzene rings is 2. The van der Waals surface area contributed by atoms with Gasteiger partial charge < -0.3 is 10.4 Å². The first-order chi connectivity index (χ1) is 8.97. The van der Waals surface area contributed by atoms with Crippen LogP contribution in [0.3, 0.4) is 0 Å². The largest absolute Gasteiger partial charge is 0.503 e. The number of phenols is 1. The molecule has 2 N–H and O–H groups in total. The summed E-state index contributed by atoms with van der Waals surface area (Å²) < 4.78 is 39.6. The zero-order chi connectivity index (χ0) is 14.0. The van der Waals surface area contributed by atoms with E-state index in [0.717, 1.165) is 12.1 Å². The Morgan fingerprint density at radius 1 is 1.05 bits per heavy atom. The molecule has 0 bridgehead atoms. The molecule has 2 nitrogen and oxygen atoms in total. The number of hydrogen-bond acceptors (Lipinski definition) is 2. The molecule has 0 aliphatic carbocycles. The molecule has 0 saturated carbocycles. The maximum atomic E-state index is 13.1. The number of rotatable bonds is 3. The van der Waals surface area contributed by atoms with Gasteiger partial charge in [-0.15, -0.1) is 0 Å². The van der Waals surface area contributed by atoms with Crippen molar-refractivity contribution >= 4 is 21.6 Å². The highest BCUT2D eigenvalue weighted by molar-refractivity contribution is 9.10. The van der Waals surface area contributed by atoms with E-state index < -0.39 is 17.4 Å². The lowest BCUT2D eigenvalue weighted by Crippen LogP contribution is -2.01. The van der Waals surface area contributed by atoms with Crippen LogP contribution in [0.1, 0.15) is 5.56 Å². The van der Waals surface area contributed by atoms with Crippen LogP contribution >= 0.6 is 15.9 Å². The Balaban J connectivity index is 2.14. The Kier molecular flexibility index (Phi) is 3.99. The van der Waals surface area contributed by atoms with Crippen LogP contribution < -0.4 is 5.32 Å². The third-order valence-electron chi connectivity index (χ3n) is 2.49. The fraction of sp³-hybridized carbons (Fsp3) is 0.0769. The van der Waals surface area contributed by atoms with Crippen LogP contribution in [0.4, 0.5) is 18.9 Å². The van der Waals surface area contributed by atoms with E-state index in [4.69, 9.17) is 5.11 Å². The first kappa shape index (κ1) is 13.7. The van der Waals surface area contributed by atoms with Crippen molar-refractivity contribution in [2.24, 2.45) is 0 Å². The summed E-state index contributed by atoms with van der Waals surface area (Å²) in [5.74, 6) is -3.42. The summed E-state index contributed by atoms with van der Waals surface area (Å²) in [4.78, 5) is 0. The van der Waals surface area contributed by atoms with Crippen molar-refractivity contribution in [2.45, 2.75) is 6.54 Å². The quantitative estimate of drug-likeness (QED) is 0.884. The Bertz CT molecular complexity index is 596. The van der Waals surface area contributed by atoms with Gasteiger partial charge >= 0.3 is 0 Å². The molecule has 2 rings (SSSR count). The summed E-state index contributed by atoms with van der Waals surface area (Å²) in [5.41, 5.74) is 0.916. The average Bonchev–Trinajstić information content (AvgIpc) is 2.34. The molecule has 100 valence electrons. The molecule has 0 saturated heterocycles.